The second kappa shape index (κ2) is 10.1. The molecule has 2 amide bonds. The average Bonchev–Trinajstić information content (AvgIpc) is 3.61. The van der Waals surface area contributed by atoms with Gasteiger partial charge in [-0.25, -0.2) is 0 Å². The van der Waals surface area contributed by atoms with E-state index in [0.717, 1.165) is 30.5 Å². The molecular weight excluding hydrogens is 410 g/mol. The Hall–Kier alpha value is -2.66. The molecular formula is C28H35N3O2. The normalized spacial score (nSPS) is 21.8. The number of carbonyl (C=O) groups is 2. The molecule has 3 aliphatic rings. The Kier molecular flexibility index (Phi) is 6.77. The van der Waals surface area contributed by atoms with Gasteiger partial charge < -0.3 is 10.2 Å². The molecule has 2 aromatic rings. The summed E-state index contributed by atoms with van der Waals surface area (Å²) in [7, 11) is 0. The highest BCUT2D eigenvalue weighted by molar-refractivity contribution is 5.89. The van der Waals surface area contributed by atoms with E-state index < -0.39 is 0 Å². The molecule has 33 heavy (non-hydrogen) atoms. The van der Waals surface area contributed by atoms with Crippen molar-refractivity contribution in [3.8, 4) is 11.1 Å². The number of hydrogen-bond acceptors (Lipinski definition) is 3. The minimum Gasteiger partial charge on any atom is -0.352 e. The summed E-state index contributed by atoms with van der Waals surface area (Å²) < 4.78 is 0. The second-order valence-corrected chi connectivity index (χ2v) is 9.94. The van der Waals surface area contributed by atoms with Crippen LogP contribution in [0.3, 0.4) is 0 Å². The molecule has 0 bridgehead atoms. The molecule has 0 radical (unpaired) electrons. The van der Waals surface area contributed by atoms with Gasteiger partial charge in [0.1, 0.15) is 0 Å². The van der Waals surface area contributed by atoms with Gasteiger partial charge >= 0.3 is 0 Å². The van der Waals surface area contributed by atoms with Gasteiger partial charge in [-0.05, 0) is 61.0 Å². The number of nitrogens with one attached hydrogen (secondary N) is 1. The minimum absolute atomic E-state index is 0.000360. The molecule has 5 heteroatoms. The van der Waals surface area contributed by atoms with Crippen molar-refractivity contribution < 1.29 is 9.59 Å². The maximum Gasteiger partial charge on any atom is 0.225 e. The highest BCUT2D eigenvalue weighted by Crippen LogP contribution is 2.30. The molecule has 174 valence electrons. The zero-order valence-electron chi connectivity index (χ0n) is 19.5. The van der Waals surface area contributed by atoms with Gasteiger partial charge in [-0.1, -0.05) is 61.4 Å². The Bertz CT molecular complexity index is 975. The summed E-state index contributed by atoms with van der Waals surface area (Å²) in [5.41, 5.74) is 4.79. The van der Waals surface area contributed by atoms with Crippen LogP contribution in [0.25, 0.3) is 11.1 Å². The summed E-state index contributed by atoms with van der Waals surface area (Å²) in [6, 6.07) is 17.5. The maximum absolute atomic E-state index is 12.9. The number of nitrogens with zero attached hydrogens (tertiary/aromatic N) is 2. The van der Waals surface area contributed by atoms with Crippen LogP contribution in [0, 0.1) is 5.92 Å². The first-order chi connectivity index (χ1) is 16.2. The van der Waals surface area contributed by atoms with Crippen molar-refractivity contribution in [3.05, 3.63) is 59.7 Å². The summed E-state index contributed by atoms with van der Waals surface area (Å²) in [5.74, 6) is -0.0776. The van der Waals surface area contributed by atoms with Crippen molar-refractivity contribution in [2.24, 2.45) is 5.92 Å². The van der Waals surface area contributed by atoms with Crippen LogP contribution >= 0.6 is 0 Å². The van der Waals surface area contributed by atoms with E-state index in [4.69, 9.17) is 0 Å². The molecule has 0 aromatic heterocycles. The summed E-state index contributed by atoms with van der Waals surface area (Å²) in [6.07, 6.45) is 7.54. The number of carbonyl (C=O) groups excluding carboxylic acids is 2. The van der Waals surface area contributed by atoms with E-state index in [9.17, 15) is 9.59 Å². The van der Waals surface area contributed by atoms with Crippen molar-refractivity contribution in [3.63, 3.8) is 0 Å². The highest BCUT2D eigenvalue weighted by Gasteiger charge is 2.38. The molecule has 3 fully saturated rings. The predicted octanol–water partition coefficient (Wildman–Crippen LogP) is 4.36. The monoisotopic (exact) mass is 445 g/mol. The molecule has 0 unspecified atom stereocenters. The van der Waals surface area contributed by atoms with E-state index in [1.54, 1.807) is 0 Å². The van der Waals surface area contributed by atoms with Crippen LogP contribution < -0.4 is 5.32 Å². The van der Waals surface area contributed by atoms with E-state index in [1.165, 1.54) is 49.9 Å². The van der Waals surface area contributed by atoms with Crippen LogP contribution in [0.5, 0.6) is 0 Å². The topological polar surface area (TPSA) is 52.7 Å². The molecule has 1 saturated carbocycles. The first-order valence-corrected chi connectivity index (χ1v) is 12.6. The van der Waals surface area contributed by atoms with Crippen LogP contribution in [-0.2, 0) is 22.7 Å². The van der Waals surface area contributed by atoms with Crippen molar-refractivity contribution >= 4 is 11.8 Å². The van der Waals surface area contributed by atoms with Crippen molar-refractivity contribution in [1.82, 2.24) is 15.1 Å². The van der Waals surface area contributed by atoms with Crippen LogP contribution in [0.15, 0.2) is 48.5 Å². The Morgan fingerprint density at radius 1 is 0.939 bits per heavy atom. The zero-order valence-corrected chi connectivity index (χ0v) is 19.5. The molecule has 1 N–H and O–H groups in total. The van der Waals surface area contributed by atoms with Crippen LogP contribution in [0.4, 0.5) is 0 Å². The third-order valence-electron chi connectivity index (χ3n) is 7.63. The molecule has 1 atom stereocenters. The minimum atomic E-state index is -0.227. The van der Waals surface area contributed by atoms with Gasteiger partial charge in [0.25, 0.3) is 0 Å². The average molecular weight is 446 g/mol. The van der Waals surface area contributed by atoms with Gasteiger partial charge in [0, 0.05) is 32.1 Å². The lowest BCUT2D eigenvalue weighted by atomic mass is 9.98. The van der Waals surface area contributed by atoms with Gasteiger partial charge in [0.2, 0.25) is 11.8 Å². The molecule has 2 saturated heterocycles. The van der Waals surface area contributed by atoms with E-state index in [2.05, 4.69) is 46.6 Å². The lowest BCUT2D eigenvalue weighted by Gasteiger charge is -2.23. The number of benzene rings is 2. The smallest absolute Gasteiger partial charge is 0.225 e. The van der Waals surface area contributed by atoms with Crippen molar-refractivity contribution in [2.75, 3.05) is 19.6 Å². The molecule has 5 rings (SSSR count). The van der Waals surface area contributed by atoms with E-state index in [0.29, 0.717) is 25.6 Å². The highest BCUT2D eigenvalue weighted by atomic mass is 16.2. The SMILES string of the molecule is O=C(NCc1ccccc1-c1ccc(CN2CCCC2)cc1)[C@H]1CC(=O)N(C2CCCC2)C1. The Balaban J connectivity index is 1.20. The first-order valence-electron chi connectivity index (χ1n) is 12.6. The maximum atomic E-state index is 12.9. The van der Waals surface area contributed by atoms with Gasteiger partial charge in [-0.2, -0.15) is 0 Å². The molecule has 5 nitrogen and oxygen atoms in total. The summed E-state index contributed by atoms with van der Waals surface area (Å²) in [6.45, 7) is 4.49. The summed E-state index contributed by atoms with van der Waals surface area (Å²) >= 11 is 0. The van der Waals surface area contributed by atoms with Crippen LogP contribution in [-0.4, -0.2) is 47.3 Å². The van der Waals surface area contributed by atoms with E-state index >= 15 is 0 Å². The first kappa shape index (κ1) is 22.1. The third kappa shape index (κ3) is 5.14. The molecule has 1 aliphatic carbocycles. The molecule has 2 aromatic carbocycles. The molecule has 2 aliphatic heterocycles. The lowest BCUT2D eigenvalue weighted by Crippen LogP contribution is -2.36. The van der Waals surface area contributed by atoms with Gasteiger partial charge in [-0.3, -0.25) is 14.5 Å². The number of likely N-dealkylation sites (tertiary alicyclic amines) is 2. The van der Waals surface area contributed by atoms with Crippen molar-refractivity contribution in [1.29, 1.82) is 0 Å². The second-order valence-electron chi connectivity index (χ2n) is 9.94. The number of amides is 2. The number of rotatable bonds is 7. The fourth-order valence-electron chi connectivity index (χ4n) is 5.75. The summed E-state index contributed by atoms with van der Waals surface area (Å²) in [5, 5.41) is 3.12. The lowest BCUT2D eigenvalue weighted by molar-refractivity contribution is -0.130. The van der Waals surface area contributed by atoms with Gasteiger partial charge in [0.05, 0.1) is 5.92 Å². The van der Waals surface area contributed by atoms with Crippen LogP contribution in [0.1, 0.15) is 56.1 Å². The van der Waals surface area contributed by atoms with E-state index in [-0.39, 0.29) is 17.7 Å². The fraction of sp³-hybridized carbons (Fsp3) is 0.500. The molecule has 0 spiro atoms. The quantitative estimate of drug-likeness (QED) is 0.689. The standard InChI is InChI=1S/C28H35N3O2/c32-27-17-24(20-31(27)25-8-2-3-9-25)28(33)29-18-23-7-1-4-10-26(23)22-13-11-21(12-14-22)19-30-15-5-6-16-30/h1,4,7,10-14,24-25H,2-3,5-6,8-9,15-20H2,(H,29,33)/t24-/m0/s1. The van der Waals surface area contributed by atoms with Gasteiger partial charge in [-0.15, -0.1) is 0 Å². The Morgan fingerprint density at radius 3 is 2.42 bits per heavy atom. The van der Waals surface area contributed by atoms with E-state index in [1.807, 2.05) is 17.0 Å². The fourth-order valence-corrected chi connectivity index (χ4v) is 5.75. The largest absolute Gasteiger partial charge is 0.352 e. The predicted molar refractivity (Wildman–Crippen MR) is 130 cm³/mol. The Morgan fingerprint density at radius 2 is 1.67 bits per heavy atom. The zero-order chi connectivity index (χ0) is 22.6. The van der Waals surface area contributed by atoms with Gasteiger partial charge in [0.15, 0.2) is 0 Å². The van der Waals surface area contributed by atoms with Crippen LogP contribution in [0.2, 0.25) is 0 Å². The summed E-state index contributed by atoms with van der Waals surface area (Å²) in [4.78, 5) is 29.8. The Labute approximate surface area is 197 Å². The number of hydrogen-bond donors (Lipinski definition) is 1. The van der Waals surface area contributed by atoms with Crippen molar-refractivity contribution in [2.45, 2.75) is 64.1 Å². The third-order valence-corrected chi connectivity index (χ3v) is 7.63. The molecule has 2 heterocycles.